The minimum absolute atomic E-state index is 0.0471. The lowest BCUT2D eigenvalue weighted by Gasteiger charge is -2.25. The number of allylic oxidation sites excluding steroid dienone is 1. The van der Waals surface area contributed by atoms with Crippen molar-refractivity contribution in [1.29, 1.82) is 0 Å². The Kier molecular flexibility index (Phi) is 5.64. The maximum Gasteiger partial charge on any atom is 0.185 e. The van der Waals surface area contributed by atoms with Gasteiger partial charge in [-0.15, -0.1) is 0 Å². The van der Waals surface area contributed by atoms with E-state index >= 15 is 0 Å². The number of benzene rings is 1. The molecule has 0 amide bonds. The highest BCUT2D eigenvalue weighted by atomic mass is 35.5. The maximum atomic E-state index is 12.3. The normalized spacial score (nSPS) is 15.7. The minimum Gasteiger partial charge on any atom is -0.336 e. The van der Waals surface area contributed by atoms with Gasteiger partial charge in [-0.25, -0.2) is 0 Å². The SMILES string of the molecule is O=C(/C=C\c1cccn(C2CCCCC2)c1=S)c1ccc(Cl)cc1. The van der Waals surface area contributed by atoms with E-state index in [-0.39, 0.29) is 5.78 Å². The number of aromatic nitrogens is 1. The van der Waals surface area contributed by atoms with Crippen molar-refractivity contribution >= 4 is 35.7 Å². The fraction of sp³-hybridized carbons (Fsp3) is 0.300. The highest BCUT2D eigenvalue weighted by Gasteiger charge is 2.15. The highest BCUT2D eigenvalue weighted by Crippen LogP contribution is 2.28. The summed E-state index contributed by atoms with van der Waals surface area (Å²) in [4.78, 5) is 12.3. The Hall–Kier alpha value is -1.71. The first-order valence-corrected chi connectivity index (χ1v) is 9.13. The number of pyridine rings is 1. The topological polar surface area (TPSA) is 22.0 Å². The molecular weight excluding hydrogens is 338 g/mol. The summed E-state index contributed by atoms with van der Waals surface area (Å²) in [6, 6.07) is 11.4. The second-order valence-corrected chi connectivity index (χ2v) is 7.00. The molecule has 0 N–H and O–H groups in total. The molecule has 2 aromatic rings. The van der Waals surface area contributed by atoms with Gasteiger partial charge in [0.05, 0.1) is 0 Å². The quantitative estimate of drug-likeness (QED) is 0.365. The molecule has 124 valence electrons. The van der Waals surface area contributed by atoms with Crippen molar-refractivity contribution in [3.63, 3.8) is 0 Å². The summed E-state index contributed by atoms with van der Waals surface area (Å²) in [6.45, 7) is 0. The Morgan fingerprint density at radius 2 is 1.83 bits per heavy atom. The predicted molar refractivity (Wildman–Crippen MR) is 102 cm³/mol. The summed E-state index contributed by atoms with van der Waals surface area (Å²) in [5, 5.41) is 0.625. The van der Waals surface area contributed by atoms with Crippen LogP contribution in [0.1, 0.15) is 54.1 Å². The van der Waals surface area contributed by atoms with Crippen LogP contribution in [0, 0.1) is 4.64 Å². The molecule has 1 heterocycles. The molecule has 4 heteroatoms. The smallest absolute Gasteiger partial charge is 0.185 e. The fourth-order valence-electron chi connectivity index (χ4n) is 3.18. The molecule has 0 atom stereocenters. The lowest BCUT2D eigenvalue weighted by molar-refractivity contribution is 0.104. The van der Waals surface area contributed by atoms with Crippen molar-refractivity contribution in [3.8, 4) is 0 Å². The van der Waals surface area contributed by atoms with E-state index in [0.29, 0.717) is 16.6 Å². The van der Waals surface area contributed by atoms with Gasteiger partial charge in [-0.05, 0) is 55.3 Å². The molecule has 2 nitrogen and oxygen atoms in total. The summed E-state index contributed by atoms with van der Waals surface area (Å²) in [5.74, 6) is -0.0471. The monoisotopic (exact) mass is 357 g/mol. The molecule has 1 aliphatic rings. The lowest BCUT2D eigenvalue weighted by Crippen LogP contribution is -2.14. The summed E-state index contributed by atoms with van der Waals surface area (Å²) in [7, 11) is 0. The standard InChI is InChI=1S/C20H20ClNOS/c21-17-11-8-15(9-12-17)19(23)13-10-16-5-4-14-22(20(16)24)18-6-2-1-3-7-18/h4-5,8-14,18H,1-3,6-7H2/b13-10-. The van der Waals surface area contributed by atoms with Crippen molar-refractivity contribution in [2.24, 2.45) is 0 Å². The predicted octanol–water partition coefficient (Wildman–Crippen LogP) is 6.27. The van der Waals surface area contributed by atoms with Crippen LogP contribution in [0.5, 0.6) is 0 Å². The van der Waals surface area contributed by atoms with Gasteiger partial charge in [-0.1, -0.05) is 49.1 Å². The molecule has 0 aliphatic heterocycles. The van der Waals surface area contributed by atoms with E-state index in [2.05, 4.69) is 10.8 Å². The zero-order chi connectivity index (χ0) is 16.9. The van der Waals surface area contributed by atoms with Crippen LogP contribution in [-0.4, -0.2) is 10.4 Å². The van der Waals surface area contributed by atoms with Crippen LogP contribution in [-0.2, 0) is 0 Å². The van der Waals surface area contributed by atoms with E-state index in [0.717, 1.165) is 10.2 Å². The van der Waals surface area contributed by atoms with Gasteiger partial charge in [-0.3, -0.25) is 4.79 Å². The number of hydrogen-bond donors (Lipinski definition) is 0. The summed E-state index contributed by atoms with van der Waals surface area (Å²) in [6.07, 6.45) is 11.7. The third-order valence-electron chi connectivity index (χ3n) is 4.52. The van der Waals surface area contributed by atoms with Gasteiger partial charge in [0.25, 0.3) is 0 Å². The molecule has 0 saturated heterocycles. The van der Waals surface area contributed by atoms with Crippen LogP contribution < -0.4 is 0 Å². The van der Waals surface area contributed by atoms with Gasteiger partial charge in [0, 0.05) is 28.4 Å². The number of nitrogens with zero attached hydrogens (tertiary/aromatic N) is 1. The Morgan fingerprint density at radius 3 is 2.54 bits per heavy atom. The largest absolute Gasteiger partial charge is 0.336 e. The summed E-state index contributed by atoms with van der Waals surface area (Å²) >= 11 is 11.5. The molecule has 1 aromatic heterocycles. The van der Waals surface area contributed by atoms with Crippen LogP contribution in [0.15, 0.2) is 48.7 Å². The Labute approximate surface area is 152 Å². The van der Waals surface area contributed by atoms with E-state index in [1.807, 2.05) is 18.2 Å². The molecule has 0 spiro atoms. The average molecular weight is 358 g/mol. The Morgan fingerprint density at radius 1 is 1.12 bits per heavy atom. The van der Waals surface area contributed by atoms with Crippen molar-refractivity contribution < 1.29 is 4.79 Å². The van der Waals surface area contributed by atoms with Gasteiger partial charge in [0.15, 0.2) is 5.78 Å². The Bertz CT molecular complexity index is 801. The van der Waals surface area contributed by atoms with E-state index < -0.39 is 0 Å². The van der Waals surface area contributed by atoms with Gasteiger partial charge in [-0.2, -0.15) is 0 Å². The summed E-state index contributed by atoms with van der Waals surface area (Å²) in [5.41, 5.74) is 1.54. The first-order chi connectivity index (χ1) is 11.6. The van der Waals surface area contributed by atoms with Crippen LogP contribution in [0.25, 0.3) is 6.08 Å². The van der Waals surface area contributed by atoms with Crippen LogP contribution >= 0.6 is 23.8 Å². The number of carbonyl (C=O) groups is 1. The van der Waals surface area contributed by atoms with Gasteiger partial charge >= 0.3 is 0 Å². The number of carbonyl (C=O) groups excluding carboxylic acids is 1. The van der Waals surface area contributed by atoms with E-state index in [4.69, 9.17) is 23.8 Å². The average Bonchev–Trinajstić information content (AvgIpc) is 2.62. The van der Waals surface area contributed by atoms with Gasteiger partial charge in [0.1, 0.15) is 4.64 Å². The van der Waals surface area contributed by atoms with Crippen LogP contribution in [0.2, 0.25) is 5.02 Å². The van der Waals surface area contributed by atoms with Crippen molar-refractivity contribution in [2.45, 2.75) is 38.1 Å². The van der Waals surface area contributed by atoms with E-state index in [9.17, 15) is 4.79 Å². The molecule has 1 aliphatic carbocycles. The third kappa shape index (κ3) is 4.03. The minimum atomic E-state index is -0.0471. The van der Waals surface area contributed by atoms with Crippen LogP contribution in [0.4, 0.5) is 0 Å². The number of rotatable bonds is 4. The van der Waals surface area contributed by atoms with Crippen molar-refractivity contribution in [2.75, 3.05) is 0 Å². The number of halogens is 1. The van der Waals surface area contributed by atoms with E-state index in [1.165, 1.54) is 32.1 Å². The molecule has 1 saturated carbocycles. The number of ketones is 1. The zero-order valence-electron chi connectivity index (χ0n) is 13.5. The molecule has 0 unspecified atom stereocenters. The Balaban J connectivity index is 1.80. The third-order valence-corrected chi connectivity index (χ3v) is 5.21. The highest BCUT2D eigenvalue weighted by molar-refractivity contribution is 7.71. The van der Waals surface area contributed by atoms with E-state index in [1.54, 1.807) is 30.3 Å². The molecule has 3 rings (SSSR count). The number of hydrogen-bond acceptors (Lipinski definition) is 2. The van der Waals surface area contributed by atoms with Gasteiger partial charge < -0.3 is 4.57 Å². The van der Waals surface area contributed by atoms with Crippen molar-refractivity contribution in [3.05, 3.63) is 69.5 Å². The molecule has 1 aromatic carbocycles. The molecule has 24 heavy (non-hydrogen) atoms. The summed E-state index contributed by atoms with van der Waals surface area (Å²) < 4.78 is 3.01. The second kappa shape index (κ2) is 7.91. The first kappa shape index (κ1) is 17.1. The first-order valence-electron chi connectivity index (χ1n) is 8.34. The maximum absolute atomic E-state index is 12.3. The molecule has 0 radical (unpaired) electrons. The molecular formula is C20H20ClNOS. The van der Waals surface area contributed by atoms with Crippen molar-refractivity contribution in [1.82, 2.24) is 4.57 Å². The zero-order valence-corrected chi connectivity index (χ0v) is 15.0. The second-order valence-electron chi connectivity index (χ2n) is 6.17. The lowest BCUT2D eigenvalue weighted by atomic mass is 9.95. The van der Waals surface area contributed by atoms with Crippen LogP contribution in [0.3, 0.4) is 0 Å². The molecule has 1 fully saturated rings. The fourth-order valence-corrected chi connectivity index (χ4v) is 3.65. The van der Waals surface area contributed by atoms with Gasteiger partial charge in [0.2, 0.25) is 0 Å². The molecule has 0 bridgehead atoms.